The van der Waals surface area contributed by atoms with Gasteiger partial charge in [-0.3, -0.25) is 14.2 Å². The fourth-order valence-corrected chi connectivity index (χ4v) is 3.40. The highest BCUT2D eigenvalue weighted by Crippen LogP contribution is 2.34. The lowest BCUT2D eigenvalue weighted by molar-refractivity contribution is -0.116. The molecular weight excluding hydrogens is 338 g/mol. The second kappa shape index (κ2) is 7.35. The summed E-state index contributed by atoms with van der Waals surface area (Å²) in [6, 6.07) is 15.5. The molecule has 1 amide bonds. The Labute approximate surface area is 158 Å². The average molecular weight is 361 g/mol. The molecule has 0 atom stereocenters. The number of carbonyl (C=O) groups is 1. The summed E-state index contributed by atoms with van der Waals surface area (Å²) in [5, 5.41) is 3.60. The summed E-state index contributed by atoms with van der Waals surface area (Å²) in [5.41, 5.74) is 2.71. The van der Waals surface area contributed by atoms with Gasteiger partial charge in [-0.2, -0.15) is 0 Å². The number of nitrogens with zero attached hydrogens (tertiary/aromatic N) is 2. The smallest absolute Gasteiger partial charge is 0.261 e. The van der Waals surface area contributed by atoms with E-state index in [4.69, 9.17) is 0 Å². The summed E-state index contributed by atoms with van der Waals surface area (Å²) >= 11 is 0. The normalized spacial score (nSPS) is 13.7. The van der Waals surface area contributed by atoms with Crippen molar-refractivity contribution in [2.24, 2.45) is 0 Å². The molecule has 2 aromatic carbocycles. The van der Waals surface area contributed by atoms with E-state index in [2.05, 4.69) is 17.2 Å². The predicted octanol–water partition coefficient (Wildman–Crippen LogP) is 3.87. The Morgan fingerprint density at radius 1 is 1.19 bits per heavy atom. The predicted molar refractivity (Wildman–Crippen MR) is 107 cm³/mol. The quantitative estimate of drug-likeness (QED) is 0.725. The number of benzene rings is 2. The standard InChI is InChI=1S/C22H23N3O2/c1-2-15-6-5-7-16(14-15)23-21(26)13-12-20-24-19-9-4-3-8-18(19)22(27)25(20)17-10-11-17/h3-9,14,17H,2,10-13H2,1H3,(H,23,26). The van der Waals surface area contributed by atoms with Crippen LogP contribution >= 0.6 is 0 Å². The molecule has 1 fully saturated rings. The monoisotopic (exact) mass is 361 g/mol. The third-order valence-electron chi connectivity index (χ3n) is 4.99. The molecule has 1 aliphatic carbocycles. The van der Waals surface area contributed by atoms with Crippen molar-refractivity contribution >= 4 is 22.5 Å². The van der Waals surface area contributed by atoms with E-state index in [9.17, 15) is 9.59 Å². The number of amides is 1. The number of nitrogens with one attached hydrogen (secondary N) is 1. The zero-order valence-corrected chi connectivity index (χ0v) is 15.4. The van der Waals surface area contributed by atoms with Gasteiger partial charge in [0.25, 0.3) is 5.56 Å². The maximum atomic E-state index is 12.9. The third-order valence-corrected chi connectivity index (χ3v) is 4.99. The molecule has 1 heterocycles. The maximum absolute atomic E-state index is 12.9. The van der Waals surface area contributed by atoms with Crippen LogP contribution in [0.3, 0.4) is 0 Å². The van der Waals surface area contributed by atoms with Crippen molar-refractivity contribution in [2.75, 3.05) is 5.32 Å². The highest BCUT2D eigenvalue weighted by Gasteiger charge is 2.28. The SMILES string of the molecule is CCc1cccc(NC(=O)CCc2nc3ccccc3c(=O)n2C2CC2)c1. The molecule has 0 bridgehead atoms. The first kappa shape index (κ1) is 17.5. The Morgan fingerprint density at radius 3 is 2.78 bits per heavy atom. The van der Waals surface area contributed by atoms with Crippen molar-refractivity contribution in [3.8, 4) is 0 Å². The van der Waals surface area contributed by atoms with Crippen LogP contribution in [0.4, 0.5) is 5.69 Å². The Morgan fingerprint density at radius 2 is 2.00 bits per heavy atom. The highest BCUT2D eigenvalue weighted by atomic mass is 16.1. The van der Waals surface area contributed by atoms with Crippen molar-refractivity contribution < 1.29 is 4.79 Å². The minimum atomic E-state index is -0.0620. The fraction of sp³-hybridized carbons (Fsp3) is 0.318. The van der Waals surface area contributed by atoms with Crippen molar-refractivity contribution in [1.29, 1.82) is 0 Å². The Kier molecular flexibility index (Phi) is 4.75. The Balaban J connectivity index is 1.53. The van der Waals surface area contributed by atoms with Crippen LogP contribution in [0.5, 0.6) is 0 Å². The number of aryl methyl sites for hydroxylation is 2. The van der Waals surface area contributed by atoms with Gasteiger partial charge >= 0.3 is 0 Å². The van der Waals surface area contributed by atoms with E-state index in [-0.39, 0.29) is 17.5 Å². The largest absolute Gasteiger partial charge is 0.326 e. The Hall–Kier alpha value is -2.95. The van der Waals surface area contributed by atoms with Crippen LogP contribution in [0.15, 0.2) is 53.3 Å². The molecule has 27 heavy (non-hydrogen) atoms. The lowest BCUT2D eigenvalue weighted by Gasteiger charge is -2.13. The fourth-order valence-electron chi connectivity index (χ4n) is 3.40. The molecule has 4 rings (SSSR count). The third kappa shape index (κ3) is 3.77. The van der Waals surface area contributed by atoms with Crippen LogP contribution in [0.25, 0.3) is 10.9 Å². The van der Waals surface area contributed by atoms with Gasteiger partial charge in [0.05, 0.1) is 10.9 Å². The van der Waals surface area contributed by atoms with Gasteiger partial charge in [-0.25, -0.2) is 4.98 Å². The molecule has 1 N–H and O–H groups in total. The highest BCUT2D eigenvalue weighted by molar-refractivity contribution is 5.90. The zero-order valence-electron chi connectivity index (χ0n) is 15.4. The van der Waals surface area contributed by atoms with Gasteiger partial charge in [-0.15, -0.1) is 0 Å². The minimum Gasteiger partial charge on any atom is -0.326 e. The van der Waals surface area contributed by atoms with Crippen LogP contribution in [-0.4, -0.2) is 15.5 Å². The number of aromatic nitrogens is 2. The van der Waals surface area contributed by atoms with E-state index < -0.39 is 0 Å². The molecule has 1 aromatic heterocycles. The zero-order chi connectivity index (χ0) is 18.8. The van der Waals surface area contributed by atoms with Gasteiger partial charge in [0, 0.05) is 24.6 Å². The lowest BCUT2D eigenvalue weighted by Crippen LogP contribution is -2.25. The van der Waals surface area contributed by atoms with Crippen molar-refractivity contribution in [3.63, 3.8) is 0 Å². The number of carbonyl (C=O) groups excluding carboxylic acids is 1. The molecule has 3 aromatic rings. The molecule has 1 aliphatic rings. The van der Waals surface area contributed by atoms with Gasteiger partial charge in [0.1, 0.15) is 5.82 Å². The summed E-state index contributed by atoms with van der Waals surface area (Å²) in [5.74, 6) is 0.645. The number of hydrogen-bond acceptors (Lipinski definition) is 3. The van der Waals surface area contributed by atoms with E-state index in [1.54, 1.807) is 4.57 Å². The van der Waals surface area contributed by atoms with Crippen molar-refractivity contribution in [2.45, 2.75) is 45.1 Å². The van der Waals surface area contributed by atoms with Crippen molar-refractivity contribution in [1.82, 2.24) is 9.55 Å². The van der Waals surface area contributed by atoms with Gasteiger partial charge in [-0.05, 0) is 49.1 Å². The minimum absolute atomic E-state index is 0.00848. The van der Waals surface area contributed by atoms with Crippen LogP contribution in [0.1, 0.15) is 43.6 Å². The molecule has 0 saturated heterocycles. The van der Waals surface area contributed by atoms with Gasteiger partial charge in [0.2, 0.25) is 5.91 Å². The lowest BCUT2D eigenvalue weighted by atomic mass is 10.1. The summed E-state index contributed by atoms with van der Waals surface area (Å²) in [4.78, 5) is 30.0. The maximum Gasteiger partial charge on any atom is 0.261 e. The first-order valence-electron chi connectivity index (χ1n) is 9.54. The average Bonchev–Trinajstić information content (AvgIpc) is 3.51. The number of rotatable bonds is 6. The van der Waals surface area contributed by atoms with Crippen LogP contribution in [-0.2, 0) is 17.6 Å². The number of hydrogen-bond donors (Lipinski definition) is 1. The molecule has 1 saturated carbocycles. The van der Waals surface area contributed by atoms with Gasteiger partial charge in [-0.1, -0.05) is 31.2 Å². The van der Waals surface area contributed by atoms with E-state index in [1.165, 1.54) is 5.56 Å². The number of anilines is 1. The summed E-state index contributed by atoms with van der Waals surface area (Å²) in [6.45, 7) is 2.09. The van der Waals surface area contributed by atoms with Crippen molar-refractivity contribution in [3.05, 3.63) is 70.3 Å². The topological polar surface area (TPSA) is 64.0 Å². The molecular formula is C22H23N3O2. The second-order valence-electron chi connectivity index (χ2n) is 7.05. The molecule has 138 valence electrons. The molecule has 0 unspecified atom stereocenters. The van der Waals surface area contributed by atoms with E-state index in [0.717, 1.165) is 24.9 Å². The molecule has 0 spiro atoms. The Bertz CT molecular complexity index is 1050. The number of para-hydroxylation sites is 1. The van der Waals surface area contributed by atoms with E-state index in [0.29, 0.717) is 29.6 Å². The van der Waals surface area contributed by atoms with Crippen LogP contribution < -0.4 is 10.9 Å². The second-order valence-corrected chi connectivity index (χ2v) is 7.05. The number of fused-ring (bicyclic) bond motifs is 1. The summed E-state index contributed by atoms with van der Waals surface area (Å²) < 4.78 is 1.80. The van der Waals surface area contributed by atoms with Gasteiger partial charge < -0.3 is 5.32 Å². The first-order valence-corrected chi connectivity index (χ1v) is 9.54. The molecule has 5 nitrogen and oxygen atoms in total. The first-order chi connectivity index (χ1) is 13.2. The van der Waals surface area contributed by atoms with Crippen LogP contribution in [0, 0.1) is 0 Å². The van der Waals surface area contributed by atoms with Gasteiger partial charge in [0.15, 0.2) is 0 Å². The summed E-state index contributed by atoms with van der Waals surface area (Å²) in [6.07, 6.45) is 3.69. The molecule has 0 aliphatic heterocycles. The van der Waals surface area contributed by atoms with E-state index >= 15 is 0 Å². The molecule has 5 heteroatoms. The van der Waals surface area contributed by atoms with E-state index in [1.807, 2.05) is 48.5 Å². The molecule has 0 radical (unpaired) electrons. The summed E-state index contributed by atoms with van der Waals surface area (Å²) in [7, 11) is 0. The van der Waals surface area contributed by atoms with Crippen LogP contribution in [0.2, 0.25) is 0 Å².